The Balaban J connectivity index is 2.90. The van der Waals surface area contributed by atoms with Crippen LogP contribution in [0, 0.1) is 5.92 Å². The number of benzene rings is 1. The molecule has 0 aliphatic rings. The van der Waals surface area contributed by atoms with Gasteiger partial charge < -0.3 is 32.3 Å². The van der Waals surface area contributed by atoms with Gasteiger partial charge in [0.1, 0.15) is 19.9 Å². The van der Waals surface area contributed by atoms with Crippen LogP contribution < -0.4 is 32.3 Å². The Hall–Kier alpha value is -3.09. The number of hydrogen-bond acceptors (Lipinski definition) is 5. The third-order valence-electron chi connectivity index (χ3n) is 5.39. The van der Waals surface area contributed by atoms with E-state index in [1.54, 1.807) is 38.1 Å². The molecule has 0 fully saturated rings. The number of amides is 6. The van der Waals surface area contributed by atoms with E-state index in [0.29, 0.717) is 17.7 Å². The van der Waals surface area contributed by atoms with Crippen molar-refractivity contribution in [1.29, 1.82) is 0 Å². The van der Waals surface area contributed by atoms with E-state index < -0.39 is 29.9 Å². The van der Waals surface area contributed by atoms with Crippen LogP contribution in [0.15, 0.2) is 24.3 Å². The summed E-state index contributed by atoms with van der Waals surface area (Å²) < 4.78 is 0. The van der Waals surface area contributed by atoms with Crippen molar-refractivity contribution >= 4 is 59.1 Å². The minimum atomic E-state index is -0.895. The van der Waals surface area contributed by atoms with E-state index in [0.717, 1.165) is 6.32 Å². The third kappa shape index (κ3) is 11.1. The SMILES string of the molecule is BC[C@H](C)NC(=O)[C@H](CCCNC(N)=O)NC(=O)C(NC(=O)c1ccc(NC(=O)CBr)cc1)C(C)C. The predicted octanol–water partition coefficient (Wildman–Crippen LogP) is 0.264. The Morgan fingerprint density at radius 1 is 0.972 bits per heavy atom. The summed E-state index contributed by atoms with van der Waals surface area (Å²) in [7, 11) is 1.93. The predicted molar refractivity (Wildman–Crippen MR) is 145 cm³/mol. The van der Waals surface area contributed by atoms with Gasteiger partial charge in [-0.05, 0) is 49.9 Å². The molecule has 36 heavy (non-hydrogen) atoms. The monoisotopic (exact) mass is 566 g/mol. The number of carbonyl (C=O) groups is 5. The number of alkyl halides is 1. The highest BCUT2D eigenvalue weighted by Crippen LogP contribution is 2.12. The Morgan fingerprint density at radius 3 is 2.14 bits per heavy atom. The maximum Gasteiger partial charge on any atom is 0.312 e. The van der Waals surface area contributed by atoms with E-state index in [1.165, 1.54) is 0 Å². The van der Waals surface area contributed by atoms with Crippen molar-refractivity contribution in [3.8, 4) is 0 Å². The van der Waals surface area contributed by atoms with Gasteiger partial charge in [-0.3, -0.25) is 19.2 Å². The minimum Gasteiger partial charge on any atom is -0.353 e. The van der Waals surface area contributed by atoms with Gasteiger partial charge in [0.15, 0.2) is 0 Å². The average Bonchev–Trinajstić information content (AvgIpc) is 2.83. The summed E-state index contributed by atoms with van der Waals surface area (Å²) in [5.41, 5.74) is 5.93. The molecule has 0 heterocycles. The third-order valence-corrected chi connectivity index (χ3v) is 5.90. The van der Waals surface area contributed by atoms with Gasteiger partial charge >= 0.3 is 6.03 Å². The van der Waals surface area contributed by atoms with E-state index in [-0.39, 0.29) is 42.1 Å². The largest absolute Gasteiger partial charge is 0.353 e. The van der Waals surface area contributed by atoms with Gasteiger partial charge in [-0.15, -0.1) is 0 Å². The van der Waals surface area contributed by atoms with Crippen LogP contribution in [0.25, 0.3) is 0 Å². The van der Waals surface area contributed by atoms with Gasteiger partial charge in [0, 0.05) is 23.8 Å². The van der Waals surface area contributed by atoms with Crippen LogP contribution in [0.5, 0.6) is 0 Å². The van der Waals surface area contributed by atoms with Crippen LogP contribution in [0.2, 0.25) is 6.32 Å². The maximum atomic E-state index is 13.1. The number of anilines is 1. The van der Waals surface area contributed by atoms with Crippen molar-refractivity contribution in [2.75, 3.05) is 17.2 Å². The lowest BCUT2D eigenvalue weighted by molar-refractivity contribution is -0.131. The second kappa shape index (κ2) is 15.8. The van der Waals surface area contributed by atoms with Crippen LogP contribution in [-0.2, 0) is 14.4 Å². The van der Waals surface area contributed by atoms with Crippen LogP contribution >= 0.6 is 15.9 Å². The average molecular weight is 567 g/mol. The molecule has 0 aromatic heterocycles. The Morgan fingerprint density at radius 2 is 1.61 bits per heavy atom. The molecule has 0 saturated carbocycles. The summed E-state index contributed by atoms with van der Waals surface area (Å²) in [6.07, 6.45) is 1.41. The Labute approximate surface area is 221 Å². The summed E-state index contributed by atoms with van der Waals surface area (Å²) in [5.74, 6) is -1.78. The molecule has 3 atom stereocenters. The lowest BCUT2D eigenvalue weighted by Crippen LogP contribution is -2.56. The molecule has 1 unspecified atom stereocenters. The van der Waals surface area contributed by atoms with Crippen molar-refractivity contribution in [2.24, 2.45) is 11.7 Å². The van der Waals surface area contributed by atoms with Crippen molar-refractivity contribution < 1.29 is 24.0 Å². The minimum absolute atomic E-state index is 0.0801. The molecule has 0 aliphatic heterocycles. The highest BCUT2D eigenvalue weighted by Gasteiger charge is 2.29. The molecule has 0 aliphatic carbocycles. The first kappa shape index (κ1) is 30.9. The van der Waals surface area contributed by atoms with E-state index in [9.17, 15) is 24.0 Å². The fourth-order valence-electron chi connectivity index (χ4n) is 3.15. The number of nitrogens with two attached hydrogens (primary N) is 1. The summed E-state index contributed by atoms with van der Waals surface area (Å²) in [4.78, 5) is 61.1. The maximum absolute atomic E-state index is 13.1. The molecule has 13 heteroatoms. The van der Waals surface area contributed by atoms with Crippen molar-refractivity contribution in [3.05, 3.63) is 29.8 Å². The van der Waals surface area contributed by atoms with Gasteiger partial charge in [0.05, 0.1) is 5.33 Å². The summed E-state index contributed by atoms with van der Waals surface area (Å²) in [5, 5.41) is 13.6. The van der Waals surface area contributed by atoms with Gasteiger partial charge in [-0.2, -0.15) is 0 Å². The van der Waals surface area contributed by atoms with Gasteiger partial charge in [0.2, 0.25) is 17.7 Å². The molecule has 0 radical (unpaired) electrons. The zero-order chi connectivity index (χ0) is 27.3. The number of hydrogen-bond donors (Lipinski definition) is 6. The quantitative estimate of drug-likeness (QED) is 0.107. The summed E-state index contributed by atoms with van der Waals surface area (Å²) in [6.45, 7) is 5.69. The second-order valence-electron chi connectivity index (χ2n) is 8.77. The highest BCUT2D eigenvalue weighted by atomic mass is 79.9. The topological polar surface area (TPSA) is 172 Å². The summed E-state index contributed by atoms with van der Waals surface area (Å²) in [6, 6.07) is 3.78. The molecule has 1 aromatic carbocycles. The fraction of sp³-hybridized carbons (Fsp3) is 0.522. The number of rotatable bonds is 14. The molecule has 11 nitrogen and oxygen atoms in total. The number of primary amides is 1. The molecule has 6 amide bonds. The molecular weight excluding hydrogens is 531 g/mol. The molecular formula is C23H36BBrN6O5. The van der Waals surface area contributed by atoms with Crippen molar-refractivity contribution in [3.63, 3.8) is 0 Å². The fourth-order valence-corrected chi connectivity index (χ4v) is 3.29. The smallest absolute Gasteiger partial charge is 0.312 e. The lowest BCUT2D eigenvalue weighted by Gasteiger charge is -2.26. The van der Waals surface area contributed by atoms with Gasteiger partial charge in [-0.1, -0.05) is 36.1 Å². The van der Waals surface area contributed by atoms with Crippen LogP contribution in [-0.4, -0.2) is 67.5 Å². The van der Waals surface area contributed by atoms with Crippen molar-refractivity contribution in [1.82, 2.24) is 21.3 Å². The molecule has 0 bridgehead atoms. The van der Waals surface area contributed by atoms with E-state index in [2.05, 4.69) is 42.5 Å². The highest BCUT2D eigenvalue weighted by molar-refractivity contribution is 9.09. The number of urea groups is 1. The standard InChI is InChI=1S/C23H36BBrN6O5/c1-13(2)19(31-20(33)15-6-8-16(9-7-15)29-18(32)12-25)22(35)30-17(5-4-10-27-23(26)36)21(34)28-14(3)11-24/h6-9,13-14,17,19H,4-5,10-12,24H2,1-3H3,(H,28,34)(H,29,32)(H,30,35)(H,31,33)(H3,26,27,36)/t14-,17-,19?/m0/s1. The lowest BCUT2D eigenvalue weighted by atomic mass is 9.98. The normalized spacial score (nSPS) is 13.1. The number of carbonyl (C=O) groups excluding carboxylic acids is 5. The molecule has 1 aromatic rings. The van der Waals surface area contributed by atoms with Crippen molar-refractivity contribution in [2.45, 2.75) is 58.1 Å². The first-order chi connectivity index (χ1) is 17.0. The number of halogens is 1. The van der Waals surface area contributed by atoms with Crippen LogP contribution in [0.3, 0.4) is 0 Å². The van der Waals surface area contributed by atoms with Gasteiger partial charge in [0.25, 0.3) is 5.91 Å². The first-order valence-electron chi connectivity index (χ1n) is 11.9. The van der Waals surface area contributed by atoms with E-state index in [4.69, 9.17) is 5.73 Å². The second-order valence-corrected chi connectivity index (χ2v) is 9.33. The molecule has 0 spiro atoms. The molecule has 1 rings (SSSR count). The van der Waals surface area contributed by atoms with E-state index >= 15 is 0 Å². The van der Waals surface area contributed by atoms with Crippen LogP contribution in [0.4, 0.5) is 10.5 Å². The van der Waals surface area contributed by atoms with E-state index in [1.807, 2.05) is 14.8 Å². The molecule has 0 saturated heterocycles. The number of nitrogens with one attached hydrogen (secondary N) is 5. The van der Waals surface area contributed by atoms with Crippen LogP contribution in [0.1, 0.15) is 44.0 Å². The zero-order valence-electron chi connectivity index (χ0n) is 21.2. The Bertz CT molecular complexity index is 915. The molecule has 7 N–H and O–H groups in total. The summed E-state index contributed by atoms with van der Waals surface area (Å²) >= 11 is 3.07. The first-order valence-corrected chi connectivity index (χ1v) is 13.0. The molecule has 198 valence electrons. The zero-order valence-corrected chi connectivity index (χ0v) is 22.7. The van der Waals surface area contributed by atoms with Gasteiger partial charge in [-0.25, -0.2) is 4.79 Å². The Kier molecular flexibility index (Phi) is 13.6.